The summed E-state index contributed by atoms with van der Waals surface area (Å²) in [5.74, 6) is 0.0930. The lowest BCUT2D eigenvalue weighted by atomic mass is 10.0. The van der Waals surface area contributed by atoms with Crippen molar-refractivity contribution < 1.29 is 17.5 Å². The first kappa shape index (κ1) is 18.3. The van der Waals surface area contributed by atoms with Crippen molar-refractivity contribution in [3.05, 3.63) is 23.8 Å². The molecule has 0 aromatic rings. The monoisotopic (exact) mass is 293 g/mol. The van der Waals surface area contributed by atoms with Crippen LogP contribution in [0.1, 0.15) is 19.8 Å². The molecule has 0 aromatic carbocycles. The Morgan fingerprint density at radius 2 is 2.11 bits per heavy atom. The van der Waals surface area contributed by atoms with Crippen molar-refractivity contribution in [2.45, 2.75) is 31.9 Å². The number of hydrogen-bond donors (Lipinski definition) is 1. The summed E-state index contributed by atoms with van der Waals surface area (Å²) >= 11 is 0. The molecular formula is C13H24FNO3S. The molecule has 0 bridgehead atoms. The summed E-state index contributed by atoms with van der Waals surface area (Å²) in [6.07, 6.45) is 7.28. The van der Waals surface area contributed by atoms with Crippen LogP contribution in [0.25, 0.3) is 0 Å². The molecule has 4 nitrogen and oxygen atoms in total. The first-order valence-electron chi connectivity index (χ1n) is 6.24. The van der Waals surface area contributed by atoms with Gasteiger partial charge in [0, 0.05) is 13.4 Å². The van der Waals surface area contributed by atoms with E-state index in [1.807, 2.05) is 13.0 Å². The van der Waals surface area contributed by atoms with Crippen LogP contribution in [0.15, 0.2) is 23.8 Å². The van der Waals surface area contributed by atoms with Crippen LogP contribution < -0.4 is 5.73 Å². The fraction of sp³-hybridized carbons (Fsp3) is 0.692. The third-order valence-corrected chi connectivity index (χ3v) is 3.53. The van der Waals surface area contributed by atoms with E-state index < -0.39 is 28.7 Å². The Kier molecular flexibility index (Phi) is 8.88. The number of allylic oxidation sites excluding steroid dienone is 2. The van der Waals surface area contributed by atoms with Gasteiger partial charge in [-0.25, -0.2) is 12.8 Å². The number of methoxy groups -OCH3 is 1. The Hall–Kier alpha value is -0.720. The fourth-order valence-electron chi connectivity index (χ4n) is 1.66. The highest BCUT2D eigenvalue weighted by molar-refractivity contribution is 7.90. The Morgan fingerprint density at radius 1 is 1.47 bits per heavy atom. The minimum absolute atomic E-state index is 0.0930. The summed E-state index contributed by atoms with van der Waals surface area (Å²) in [6.45, 7) is 1.29. The lowest BCUT2D eigenvalue weighted by Gasteiger charge is -2.21. The molecular weight excluding hydrogens is 269 g/mol. The van der Waals surface area contributed by atoms with Crippen molar-refractivity contribution in [2.75, 3.05) is 25.8 Å². The number of ether oxygens (including phenoxy) is 1. The highest BCUT2D eigenvalue weighted by atomic mass is 32.2. The zero-order valence-corrected chi connectivity index (χ0v) is 12.6. The molecule has 0 amide bonds. The zero-order chi connectivity index (χ0) is 14.9. The van der Waals surface area contributed by atoms with E-state index in [0.717, 1.165) is 12.0 Å². The average Bonchev–Trinajstić information content (AvgIpc) is 2.33. The normalized spacial score (nSPS) is 16.8. The van der Waals surface area contributed by atoms with Gasteiger partial charge in [0.15, 0.2) is 0 Å². The minimum Gasteiger partial charge on any atom is -0.375 e. The molecule has 0 rings (SSSR count). The van der Waals surface area contributed by atoms with E-state index in [-0.39, 0.29) is 5.75 Å². The van der Waals surface area contributed by atoms with Gasteiger partial charge in [0.1, 0.15) is 16.5 Å². The molecule has 0 aliphatic carbocycles. The number of rotatable bonds is 9. The second-order valence-corrected chi connectivity index (χ2v) is 6.67. The summed E-state index contributed by atoms with van der Waals surface area (Å²) in [5, 5.41) is 0. The Morgan fingerprint density at radius 3 is 2.53 bits per heavy atom. The van der Waals surface area contributed by atoms with Crippen LogP contribution >= 0.6 is 0 Å². The van der Waals surface area contributed by atoms with Gasteiger partial charge < -0.3 is 10.5 Å². The first-order valence-corrected chi connectivity index (χ1v) is 8.30. The van der Waals surface area contributed by atoms with Gasteiger partial charge in [-0.05, 0) is 18.4 Å². The van der Waals surface area contributed by atoms with E-state index in [1.165, 1.54) is 13.4 Å². The maximum Gasteiger partial charge on any atom is 0.147 e. The molecule has 0 spiro atoms. The standard InChI is InChI=1S/C13H24FNO3S/c1-4-7-11(13(18-2)12(15)10-14)8-5-6-9-19(3,16)17/h5,7-8,12-13H,4,6,9-10,15H2,1-3H3/b8-5-,11-7+. The Labute approximate surface area is 115 Å². The van der Waals surface area contributed by atoms with Crippen molar-refractivity contribution in [3.63, 3.8) is 0 Å². The molecule has 19 heavy (non-hydrogen) atoms. The van der Waals surface area contributed by atoms with Crippen LogP contribution in [0.5, 0.6) is 0 Å². The third kappa shape index (κ3) is 8.13. The fourth-order valence-corrected chi connectivity index (χ4v) is 2.22. The molecule has 0 fully saturated rings. The molecule has 0 saturated carbocycles. The van der Waals surface area contributed by atoms with Gasteiger partial charge in [0.05, 0.1) is 17.9 Å². The van der Waals surface area contributed by atoms with Gasteiger partial charge in [-0.15, -0.1) is 0 Å². The van der Waals surface area contributed by atoms with Crippen LogP contribution in [-0.2, 0) is 14.6 Å². The van der Waals surface area contributed by atoms with Gasteiger partial charge in [-0.3, -0.25) is 0 Å². The van der Waals surface area contributed by atoms with E-state index in [9.17, 15) is 12.8 Å². The van der Waals surface area contributed by atoms with Crippen LogP contribution in [-0.4, -0.2) is 46.4 Å². The topological polar surface area (TPSA) is 69.4 Å². The van der Waals surface area contributed by atoms with Crippen LogP contribution in [0.2, 0.25) is 0 Å². The molecule has 2 N–H and O–H groups in total. The van der Waals surface area contributed by atoms with Gasteiger partial charge >= 0.3 is 0 Å². The second-order valence-electron chi connectivity index (χ2n) is 4.41. The molecule has 2 atom stereocenters. The number of nitrogens with two attached hydrogens (primary N) is 1. The summed E-state index contributed by atoms with van der Waals surface area (Å²) in [4.78, 5) is 0. The number of sulfone groups is 1. The van der Waals surface area contributed by atoms with Crippen LogP contribution in [0.3, 0.4) is 0 Å². The molecule has 0 aromatic heterocycles. The van der Waals surface area contributed by atoms with Gasteiger partial charge in [-0.1, -0.05) is 25.2 Å². The largest absolute Gasteiger partial charge is 0.375 e. The number of hydrogen-bond acceptors (Lipinski definition) is 4. The zero-order valence-electron chi connectivity index (χ0n) is 11.8. The van der Waals surface area contributed by atoms with Crippen molar-refractivity contribution >= 4 is 9.84 Å². The molecule has 0 heterocycles. The van der Waals surface area contributed by atoms with E-state index in [2.05, 4.69) is 0 Å². The van der Waals surface area contributed by atoms with Crippen LogP contribution in [0.4, 0.5) is 4.39 Å². The Balaban J connectivity index is 4.73. The summed E-state index contributed by atoms with van der Waals surface area (Å²) in [7, 11) is -1.49. The Bertz CT molecular complexity index is 404. The maximum atomic E-state index is 12.6. The predicted molar refractivity (Wildman–Crippen MR) is 76.6 cm³/mol. The third-order valence-electron chi connectivity index (χ3n) is 2.55. The molecule has 112 valence electrons. The number of alkyl halides is 1. The van der Waals surface area contributed by atoms with E-state index in [4.69, 9.17) is 10.5 Å². The van der Waals surface area contributed by atoms with Crippen LogP contribution in [0, 0.1) is 0 Å². The van der Waals surface area contributed by atoms with E-state index in [0.29, 0.717) is 6.42 Å². The van der Waals surface area contributed by atoms with Crippen molar-refractivity contribution in [1.29, 1.82) is 0 Å². The average molecular weight is 293 g/mol. The maximum absolute atomic E-state index is 12.6. The molecule has 0 aliphatic rings. The van der Waals surface area contributed by atoms with E-state index >= 15 is 0 Å². The van der Waals surface area contributed by atoms with Gasteiger partial charge in [0.2, 0.25) is 0 Å². The highest BCUT2D eigenvalue weighted by Crippen LogP contribution is 2.13. The van der Waals surface area contributed by atoms with E-state index in [1.54, 1.807) is 12.2 Å². The summed E-state index contributed by atoms with van der Waals surface area (Å²) in [6, 6.07) is -0.720. The summed E-state index contributed by atoms with van der Waals surface area (Å²) in [5.41, 5.74) is 6.44. The quantitative estimate of drug-likeness (QED) is 0.656. The molecule has 2 unspecified atom stereocenters. The molecule has 0 aliphatic heterocycles. The molecule has 0 radical (unpaired) electrons. The predicted octanol–water partition coefficient (Wildman–Crippen LogP) is 1.63. The first-order chi connectivity index (χ1) is 8.85. The second kappa shape index (κ2) is 9.23. The lowest BCUT2D eigenvalue weighted by molar-refractivity contribution is 0.102. The molecule has 0 saturated heterocycles. The summed E-state index contributed by atoms with van der Waals surface area (Å²) < 4.78 is 39.9. The highest BCUT2D eigenvalue weighted by Gasteiger charge is 2.19. The van der Waals surface area contributed by atoms with Gasteiger partial charge in [0.25, 0.3) is 0 Å². The van der Waals surface area contributed by atoms with Gasteiger partial charge in [-0.2, -0.15) is 0 Å². The minimum atomic E-state index is -2.97. The number of halogens is 1. The van der Waals surface area contributed by atoms with Crippen molar-refractivity contribution in [2.24, 2.45) is 5.73 Å². The SMILES string of the molecule is CC/C=C(\C=C/CCS(C)(=O)=O)C(OC)C(N)CF. The molecule has 6 heteroatoms. The smallest absolute Gasteiger partial charge is 0.147 e. The van der Waals surface area contributed by atoms with Crippen molar-refractivity contribution in [3.8, 4) is 0 Å². The van der Waals surface area contributed by atoms with Crippen molar-refractivity contribution in [1.82, 2.24) is 0 Å². The lowest BCUT2D eigenvalue weighted by Crippen LogP contribution is -2.39.